The quantitative estimate of drug-likeness (QED) is 0.578. The first-order valence-corrected chi connectivity index (χ1v) is 9.36. The SMILES string of the molecule is COc1cccc(-c2cc(COC(=O)C3CC(=O)N(c4ccc(F)cc4)C3)no2)c1. The molecule has 1 unspecified atom stereocenters. The highest BCUT2D eigenvalue weighted by atomic mass is 19.1. The number of benzene rings is 2. The maximum absolute atomic E-state index is 13.1. The molecule has 3 aromatic rings. The Morgan fingerprint density at radius 1 is 1.23 bits per heavy atom. The summed E-state index contributed by atoms with van der Waals surface area (Å²) in [7, 11) is 1.58. The second-order valence-corrected chi connectivity index (χ2v) is 6.90. The van der Waals surface area contributed by atoms with Crippen LogP contribution in [-0.2, 0) is 20.9 Å². The number of aromatic nitrogens is 1. The summed E-state index contributed by atoms with van der Waals surface area (Å²) in [4.78, 5) is 26.1. The van der Waals surface area contributed by atoms with Gasteiger partial charge < -0.3 is 18.9 Å². The third-order valence-electron chi connectivity index (χ3n) is 4.87. The lowest BCUT2D eigenvalue weighted by atomic mass is 10.1. The molecule has 1 fully saturated rings. The number of methoxy groups -OCH3 is 1. The Morgan fingerprint density at radius 2 is 2.03 bits per heavy atom. The highest BCUT2D eigenvalue weighted by Gasteiger charge is 2.36. The number of hydrogen-bond acceptors (Lipinski definition) is 6. The van der Waals surface area contributed by atoms with Crippen molar-refractivity contribution in [2.24, 2.45) is 5.92 Å². The standard InChI is InChI=1S/C22H19FN2O5/c1-28-19-4-2-3-14(9-19)20-11-17(24-30-20)13-29-22(27)15-10-21(26)25(12-15)18-7-5-16(23)6-8-18/h2-9,11,15H,10,12-13H2,1H3. The van der Waals surface area contributed by atoms with Gasteiger partial charge in [0.05, 0.1) is 13.0 Å². The molecule has 0 radical (unpaired) electrons. The molecular weight excluding hydrogens is 391 g/mol. The van der Waals surface area contributed by atoms with Crippen LogP contribution in [-0.4, -0.2) is 30.7 Å². The molecule has 8 heteroatoms. The summed E-state index contributed by atoms with van der Waals surface area (Å²) in [5.74, 6) is -0.453. The predicted octanol–water partition coefficient (Wildman–Crippen LogP) is 3.59. The molecule has 0 saturated carbocycles. The molecule has 154 valence electrons. The minimum Gasteiger partial charge on any atom is -0.497 e. The zero-order valence-electron chi connectivity index (χ0n) is 16.2. The molecule has 1 aliphatic rings. The monoisotopic (exact) mass is 410 g/mol. The number of esters is 1. The summed E-state index contributed by atoms with van der Waals surface area (Å²) >= 11 is 0. The second kappa shape index (κ2) is 8.36. The van der Waals surface area contributed by atoms with Gasteiger partial charge in [0.2, 0.25) is 5.91 Å². The molecule has 7 nitrogen and oxygen atoms in total. The van der Waals surface area contributed by atoms with Crippen molar-refractivity contribution in [3.63, 3.8) is 0 Å². The maximum Gasteiger partial charge on any atom is 0.311 e. The Kier molecular flexibility index (Phi) is 5.47. The van der Waals surface area contributed by atoms with E-state index in [2.05, 4.69) is 5.16 Å². The number of hydrogen-bond donors (Lipinski definition) is 0. The van der Waals surface area contributed by atoms with Gasteiger partial charge in [-0.25, -0.2) is 4.39 Å². The zero-order valence-corrected chi connectivity index (χ0v) is 16.2. The van der Waals surface area contributed by atoms with Crippen LogP contribution in [0.2, 0.25) is 0 Å². The van der Waals surface area contributed by atoms with E-state index < -0.39 is 11.9 Å². The van der Waals surface area contributed by atoms with Crippen LogP contribution in [0.15, 0.2) is 59.1 Å². The van der Waals surface area contributed by atoms with Crippen molar-refractivity contribution >= 4 is 17.6 Å². The number of rotatable bonds is 6. The van der Waals surface area contributed by atoms with Crippen LogP contribution < -0.4 is 9.64 Å². The third kappa shape index (κ3) is 4.17. The van der Waals surface area contributed by atoms with E-state index in [-0.39, 0.29) is 31.3 Å². The number of ether oxygens (including phenoxy) is 2. The molecule has 30 heavy (non-hydrogen) atoms. The average molecular weight is 410 g/mol. The largest absolute Gasteiger partial charge is 0.497 e. The lowest BCUT2D eigenvalue weighted by molar-refractivity contribution is -0.149. The molecule has 4 rings (SSSR count). The average Bonchev–Trinajstić information content (AvgIpc) is 3.40. The van der Waals surface area contributed by atoms with Crippen molar-refractivity contribution in [3.8, 4) is 17.1 Å². The molecule has 0 spiro atoms. The lowest BCUT2D eigenvalue weighted by Crippen LogP contribution is -2.26. The van der Waals surface area contributed by atoms with E-state index in [4.69, 9.17) is 14.0 Å². The molecule has 0 N–H and O–H groups in total. The van der Waals surface area contributed by atoms with Crippen LogP contribution in [0, 0.1) is 11.7 Å². The van der Waals surface area contributed by atoms with Gasteiger partial charge in [-0.05, 0) is 36.4 Å². The topological polar surface area (TPSA) is 81.9 Å². The molecule has 1 amide bonds. The third-order valence-corrected chi connectivity index (χ3v) is 4.87. The molecular formula is C22H19FN2O5. The van der Waals surface area contributed by atoms with E-state index in [1.165, 1.54) is 29.2 Å². The van der Waals surface area contributed by atoms with Gasteiger partial charge >= 0.3 is 5.97 Å². The summed E-state index contributed by atoms with van der Waals surface area (Å²) in [5.41, 5.74) is 1.80. The van der Waals surface area contributed by atoms with Crippen LogP contribution in [0.25, 0.3) is 11.3 Å². The zero-order chi connectivity index (χ0) is 21.1. The van der Waals surface area contributed by atoms with Gasteiger partial charge in [-0.1, -0.05) is 17.3 Å². The lowest BCUT2D eigenvalue weighted by Gasteiger charge is -2.16. The fourth-order valence-corrected chi connectivity index (χ4v) is 3.29. The molecule has 1 aromatic heterocycles. The van der Waals surface area contributed by atoms with Gasteiger partial charge in [0.15, 0.2) is 5.76 Å². The first-order valence-electron chi connectivity index (χ1n) is 9.36. The van der Waals surface area contributed by atoms with E-state index in [9.17, 15) is 14.0 Å². The van der Waals surface area contributed by atoms with Crippen molar-refractivity contribution in [2.75, 3.05) is 18.6 Å². The van der Waals surface area contributed by atoms with Crippen molar-refractivity contribution in [1.29, 1.82) is 0 Å². The summed E-state index contributed by atoms with van der Waals surface area (Å²) in [6, 6.07) is 14.6. The molecule has 0 aliphatic carbocycles. The maximum atomic E-state index is 13.1. The smallest absolute Gasteiger partial charge is 0.311 e. The summed E-state index contributed by atoms with van der Waals surface area (Å²) < 4.78 is 28.9. The van der Waals surface area contributed by atoms with Crippen LogP contribution in [0.4, 0.5) is 10.1 Å². The van der Waals surface area contributed by atoms with E-state index in [0.29, 0.717) is 22.9 Å². The number of carbonyl (C=O) groups excluding carboxylic acids is 2. The predicted molar refractivity (Wildman–Crippen MR) is 105 cm³/mol. The van der Waals surface area contributed by atoms with Crippen LogP contribution >= 0.6 is 0 Å². The molecule has 1 atom stereocenters. The summed E-state index contributed by atoms with van der Waals surface area (Å²) in [5, 5.41) is 3.93. The summed E-state index contributed by atoms with van der Waals surface area (Å²) in [6.45, 7) is 0.130. The van der Waals surface area contributed by atoms with Gasteiger partial charge in [-0.15, -0.1) is 0 Å². The Morgan fingerprint density at radius 3 is 2.80 bits per heavy atom. The molecule has 0 bridgehead atoms. The van der Waals surface area contributed by atoms with Gasteiger partial charge in [0, 0.05) is 30.3 Å². The normalized spacial score (nSPS) is 16.0. The van der Waals surface area contributed by atoms with Crippen molar-refractivity contribution < 1.29 is 28.0 Å². The summed E-state index contributed by atoms with van der Waals surface area (Å²) in [6.07, 6.45) is 0.0457. The minimum atomic E-state index is -0.590. The Balaban J connectivity index is 1.35. The van der Waals surface area contributed by atoms with Crippen LogP contribution in [0.5, 0.6) is 5.75 Å². The van der Waals surface area contributed by atoms with Crippen LogP contribution in [0.3, 0.4) is 0 Å². The highest BCUT2D eigenvalue weighted by molar-refractivity contribution is 5.99. The van der Waals surface area contributed by atoms with Crippen molar-refractivity contribution in [2.45, 2.75) is 13.0 Å². The van der Waals surface area contributed by atoms with Crippen LogP contribution in [0.1, 0.15) is 12.1 Å². The van der Waals surface area contributed by atoms with Crippen molar-refractivity contribution in [1.82, 2.24) is 5.16 Å². The molecule has 1 saturated heterocycles. The van der Waals surface area contributed by atoms with Crippen molar-refractivity contribution in [3.05, 3.63) is 66.1 Å². The van der Waals surface area contributed by atoms with E-state index >= 15 is 0 Å². The first kappa shape index (κ1) is 19.6. The molecule has 2 aromatic carbocycles. The number of carbonyl (C=O) groups is 2. The van der Waals surface area contributed by atoms with Gasteiger partial charge in [-0.3, -0.25) is 9.59 Å². The number of halogens is 1. The van der Waals surface area contributed by atoms with E-state index in [1.54, 1.807) is 13.2 Å². The minimum absolute atomic E-state index is 0.0457. The highest BCUT2D eigenvalue weighted by Crippen LogP contribution is 2.27. The van der Waals surface area contributed by atoms with Gasteiger partial charge in [-0.2, -0.15) is 0 Å². The Labute approximate surface area is 172 Å². The number of nitrogens with zero attached hydrogens (tertiary/aromatic N) is 2. The Bertz CT molecular complexity index is 1060. The fourth-order valence-electron chi connectivity index (χ4n) is 3.29. The number of anilines is 1. The van der Waals surface area contributed by atoms with Gasteiger partial charge in [0.1, 0.15) is 23.9 Å². The van der Waals surface area contributed by atoms with E-state index in [1.807, 2.05) is 24.3 Å². The fraction of sp³-hybridized carbons (Fsp3) is 0.227. The number of amides is 1. The Hall–Kier alpha value is -3.68. The molecule has 2 heterocycles. The van der Waals surface area contributed by atoms with Gasteiger partial charge in [0.25, 0.3) is 0 Å². The second-order valence-electron chi connectivity index (χ2n) is 6.90. The first-order chi connectivity index (χ1) is 14.5. The molecule has 1 aliphatic heterocycles. The van der Waals surface area contributed by atoms with E-state index in [0.717, 1.165) is 5.56 Å².